The predicted octanol–water partition coefficient (Wildman–Crippen LogP) is 0.478. The predicted molar refractivity (Wildman–Crippen MR) is 110 cm³/mol. The molecule has 2 bridgehead atoms. The molecule has 2 saturated carbocycles. The molecule has 3 aliphatic heterocycles. The molecule has 3 amide bonds. The number of likely N-dealkylation sites (tertiary alicyclic amines) is 1. The van der Waals surface area contributed by atoms with Crippen LogP contribution in [0.25, 0.3) is 0 Å². The normalized spacial score (nSPS) is 41.2. The average molecular weight is 439 g/mol. The van der Waals surface area contributed by atoms with E-state index in [1.165, 1.54) is 7.11 Å². The van der Waals surface area contributed by atoms with Gasteiger partial charge >= 0.3 is 6.03 Å². The van der Waals surface area contributed by atoms with Gasteiger partial charge in [0.1, 0.15) is 17.7 Å². The number of carbonyl (C=O) groups is 3. The smallest absolute Gasteiger partial charge is 0.322 e. The van der Waals surface area contributed by atoms with Crippen LogP contribution in [0.15, 0.2) is 12.1 Å². The summed E-state index contributed by atoms with van der Waals surface area (Å²) >= 11 is 0. The van der Waals surface area contributed by atoms with Crippen molar-refractivity contribution in [1.29, 1.82) is 0 Å². The molecular formula is C23H25N3O6. The Hall–Kier alpha value is -2.65. The first-order valence-electron chi connectivity index (χ1n) is 11.4. The van der Waals surface area contributed by atoms with Crippen LogP contribution in [0.2, 0.25) is 0 Å². The van der Waals surface area contributed by atoms with E-state index in [1.807, 2.05) is 0 Å². The minimum atomic E-state index is -1.40. The van der Waals surface area contributed by atoms with Gasteiger partial charge in [0.2, 0.25) is 0 Å². The van der Waals surface area contributed by atoms with Gasteiger partial charge in [0.05, 0.1) is 12.5 Å². The topological polar surface area (TPSA) is 117 Å². The van der Waals surface area contributed by atoms with Gasteiger partial charge in [-0.1, -0.05) is 0 Å². The second-order valence-electron chi connectivity index (χ2n) is 10.2. The maximum atomic E-state index is 13.8. The minimum absolute atomic E-state index is 0.0949. The number of methoxy groups -OCH3 is 1. The average Bonchev–Trinajstić information content (AvgIpc) is 3.43. The summed E-state index contributed by atoms with van der Waals surface area (Å²) in [5.41, 5.74) is -2.51. The number of carbonyl (C=O) groups excluding carboxylic acids is 3. The van der Waals surface area contributed by atoms with Gasteiger partial charge in [0.15, 0.2) is 22.8 Å². The molecule has 1 aromatic carbocycles. The molecule has 9 heteroatoms. The lowest BCUT2D eigenvalue weighted by Gasteiger charge is -2.64. The van der Waals surface area contributed by atoms with E-state index in [9.17, 15) is 19.5 Å². The number of hydrogen-bond acceptors (Lipinski definition) is 7. The third-order valence-corrected chi connectivity index (χ3v) is 8.87. The van der Waals surface area contributed by atoms with Crippen molar-refractivity contribution in [3.8, 4) is 11.5 Å². The van der Waals surface area contributed by atoms with Crippen molar-refractivity contribution < 1.29 is 29.0 Å². The summed E-state index contributed by atoms with van der Waals surface area (Å²) in [4.78, 5) is 41.3. The summed E-state index contributed by atoms with van der Waals surface area (Å²) in [6, 6.07) is 2.23. The highest BCUT2D eigenvalue weighted by atomic mass is 16.5. The Morgan fingerprint density at radius 2 is 2.03 bits per heavy atom. The number of ether oxygens (including phenoxy) is 2. The number of rotatable bonds is 3. The SMILES string of the molecule is COc1ccc2c3c1O[C@@H]1C34CCN(CC3CC3)[C@H](C2=O)[C@]4(O)CC[C@]12NC(=O)NC2=O. The van der Waals surface area contributed by atoms with Gasteiger partial charge in [-0.25, -0.2) is 4.79 Å². The highest BCUT2D eigenvalue weighted by Crippen LogP contribution is 2.67. The van der Waals surface area contributed by atoms with Gasteiger partial charge < -0.3 is 19.9 Å². The van der Waals surface area contributed by atoms with Crippen LogP contribution in [-0.4, -0.2) is 71.2 Å². The summed E-state index contributed by atoms with van der Waals surface area (Å²) in [6.45, 7) is 1.41. The van der Waals surface area contributed by atoms with Crippen molar-refractivity contribution in [1.82, 2.24) is 15.5 Å². The van der Waals surface area contributed by atoms with Crippen LogP contribution < -0.4 is 20.1 Å². The molecule has 3 heterocycles. The maximum absolute atomic E-state index is 13.8. The van der Waals surface area contributed by atoms with Gasteiger partial charge in [-0.15, -0.1) is 0 Å². The van der Waals surface area contributed by atoms with Crippen molar-refractivity contribution in [2.75, 3.05) is 20.2 Å². The van der Waals surface area contributed by atoms with Crippen LogP contribution in [0, 0.1) is 5.92 Å². The van der Waals surface area contributed by atoms with Gasteiger partial charge in [-0.2, -0.15) is 0 Å². The van der Waals surface area contributed by atoms with Crippen LogP contribution in [0.4, 0.5) is 4.79 Å². The number of Topliss-reactive ketones (excluding diaryl/α,β-unsaturated/α-hetero) is 1. The van der Waals surface area contributed by atoms with Crippen molar-refractivity contribution in [2.24, 2.45) is 5.92 Å². The van der Waals surface area contributed by atoms with Gasteiger partial charge in [-0.3, -0.25) is 19.8 Å². The number of hydrogen-bond donors (Lipinski definition) is 3. The van der Waals surface area contributed by atoms with E-state index < -0.39 is 40.6 Å². The monoisotopic (exact) mass is 439 g/mol. The van der Waals surface area contributed by atoms with Gasteiger partial charge in [0.25, 0.3) is 5.91 Å². The number of nitrogens with one attached hydrogen (secondary N) is 2. The fraction of sp³-hybridized carbons (Fsp3) is 0.609. The number of benzene rings is 1. The molecule has 32 heavy (non-hydrogen) atoms. The lowest BCUT2D eigenvalue weighted by Crippen LogP contribution is -2.82. The summed E-state index contributed by atoms with van der Waals surface area (Å²) in [6.07, 6.45) is 2.42. The summed E-state index contributed by atoms with van der Waals surface area (Å²) in [5.74, 6) is 0.903. The highest BCUT2D eigenvalue weighted by Gasteiger charge is 2.80. The second-order valence-corrected chi connectivity index (χ2v) is 10.2. The van der Waals surface area contributed by atoms with Gasteiger partial charge in [-0.05, 0) is 50.2 Å². The molecular weight excluding hydrogens is 414 g/mol. The summed E-state index contributed by atoms with van der Waals surface area (Å²) < 4.78 is 12.0. The van der Waals surface area contributed by atoms with Crippen molar-refractivity contribution in [2.45, 2.75) is 60.8 Å². The Morgan fingerprint density at radius 1 is 1.22 bits per heavy atom. The van der Waals surface area contributed by atoms with Crippen molar-refractivity contribution >= 4 is 17.7 Å². The van der Waals surface area contributed by atoms with E-state index >= 15 is 0 Å². The highest BCUT2D eigenvalue weighted by molar-refractivity contribution is 6.10. The Bertz CT molecular complexity index is 1120. The lowest BCUT2D eigenvalue weighted by molar-refractivity contribution is -0.191. The van der Waals surface area contributed by atoms with Gasteiger partial charge in [0, 0.05) is 24.2 Å². The zero-order valence-electron chi connectivity index (χ0n) is 17.8. The fourth-order valence-electron chi connectivity index (χ4n) is 7.37. The third kappa shape index (κ3) is 1.89. The van der Waals surface area contributed by atoms with E-state index in [0.29, 0.717) is 41.5 Å². The number of imide groups is 1. The first-order valence-corrected chi connectivity index (χ1v) is 11.4. The van der Waals surface area contributed by atoms with E-state index in [2.05, 4.69) is 15.5 Å². The van der Waals surface area contributed by atoms with E-state index in [4.69, 9.17) is 9.47 Å². The molecule has 1 unspecified atom stereocenters. The van der Waals surface area contributed by atoms with Crippen LogP contribution in [0.5, 0.6) is 11.5 Å². The molecule has 7 rings (SSSR count). The van der Waals surface area contributed by atoms with Crippen molar-refractivity contribution in [3.05, 3.63) is 23.3 Å². The zero-order valence-corrected chi connectivity index (χ0v) is 17.8. The Morgan fingerprint density at radius 3 is 2.72 bits per heavy atom. The summed E-state index contributed by atoms with van der Waals surface area (Å²) in [7, 11) is 1.53. The first-order chi connectivity index (χ1) is 15.4. The fourth-order valence-corrected chi connectivity index (χ4v) is 7.37. The molecule has 9 nitrogen and oxygen atoms in total. The number of ketones is 1. The quantitative estimate of drug-likeness (QED) is 0.587. The van der Waals surface area contributed by atoms with E-state index in [0.717, 1.165) is 19.4 Å². The van der Waals surface area contributed by atoms with Crippen molar-refractivity contribution in [3.63, 3.8) is 0 Å². The maximum Gasteiger partial charge on any atom is 0.322 e. The van der Waals surface area contributed by atoms with Crippen LogP contribution in [-0.2, 0) is 10.2 Å². The molecule has 2 saturated heterocycles. The minimum Gasteiger partial charge on any atom is -0.493 e. The standard InChI is InChI=1S/C23H25N3O6/c1-31-13-5-4-12-14-16(13)32-18-21(14)8-9-26(10-11-2-3-11)17(15(12)27)23(21,30)7-6-22(18)19(28)24-20(29)25-22/h4-5,11,17-18,30H,2-3,6-10H2,1H3,(H2,24,25,28,29)/t17-,18-,21?,22+,23-/m1/s1. The van der Waals surface area contributed by atoms with E-state index in [-0.39, 0.29) is 18.6 Å². The van der Waals surface area contributed by atoms with E-state index in [1.54, 1.807) is 12.1 Å². The molecule has 0 radical (unpaired) electrons. The molecule has 3 N–H and O–H groups in total. The first kappa shape index (κ1) is 18.9. The zero-order chi connectivity index (χ0) is 22.0. The van der Waals surface area contributed by atoms with Crippen LogP contribution in [0.1, 0.15) is 48.0 Å². The Balaban J connectivity index is 1.49. The number of amides is 3. The second kappa shape index (κ2) is 5.63. The Kier molecular flexibility index (Phi) is 3.32. The molecule has 5 atom stereocenters. The Labute approximate surface area is 184 Å². The number of nitrogens with zero attached hydrogens (tertiary/aromatic N) is 1. The number of fused-ring (bicyclic) bond motifs is 1. The third-order valence-electron chi connectivity index (χ3n) is 8.87. The number of aliphatic hydroxyl groups is 1. The largest absolute Gasteiger partial charge is 0.493 e. The molecule has 4 fully saturated rings. The number of piperidine rings is 1. The molecule has 3 aliphatic carbocycles. The number of urea groups is 1. The molecule has 0 aromatic heterocycles. The van der Waals surface area contributed by atoms with Crippen LogP contribution >= 0.6 is 0 Å². The molecule has 6 aliphatic rings. The molecule has 2 spiro atoms. The molecule has 1 aromatic rings. The molecule has 168 valence electrons. The van der Waals surface area contributed by atoms with Crippen LogP contribution in [0.3, 0.4) is 0 Å². The summed E-state index contributed by atoms with van der Waals surface area (Å²) in [5, 5.41) is 17.6. The lowest BCUT2D eigenvalue weighted by atomic mass is 9.46.